The maximum absolute atomic E-state index is 10.3. The van der Waals surface area contributed by atoms with Crippen LogP contribution in [-0.2, 0) is 4.74 Å². The predicted molar refractivity (Wildman–Crippen MR) is 85.5 cm³/mol. The number of hydrogen-bond donors (Lipinski definition) is 2. The molecule has 2 unspecified atom stereocenters. The summed E-state index contributed by atoms with van der Waals surface area (Å²) in [5.74, 6) is 1.92. The van der Waals surface area contributed by atoms with Crippen LogP contribution in [0.5, 0.6) is 0 Å². The van der Waals surface area contributed by atoms with Crippen LogP contribution in [0.2, 0.25) is 0 Å². The van der Waals surface area contributed by atoms with Gasteiger partial charge in [0.15, 0.2) is 5.96 Å². The van der Waals surface area contributed by atoms with Crippen LogP contribution in [0.25, 0.3) is 0 Å². The van der Waals surface area contributed by atoms with Crippen LogP contribution in [0.3, 0.4) is 0 Å². The fourth-order valence-corrected chi connectivity index (χ4v) is 3.47. The molecule has 2 atom stereocenters. The van der Waals surface area contributed by atoms with Crippen LogP contribution in [0, 0.1) is 11.8 Å². The van der Waals surface area contributed by atoms with Gasteiger partial charge in [-0.1, -0.05) is 19.3 Å². The lowest BCUT2D eigenvalue weighted by molar-refractivity contribution is 0.0874. The summed E-state index contributed by atoms with van der Waals surface area (Å²) in [5.41, 5.74) is 0. The van der Waals surface area contributed by atoms with Crippen molar-refractivity contribution in [3.8, 4) is 0 Å². The van der Waals surface area contributed by atoms with Gasteiger partial charge in [0.25, 0.3) is 0 Å². The SMILES string of the molecule is CN=C(NCC(O)C1CCCCC1)N(C)CC1CCOC1. The zero-order valence-electron chi connectivity index (χ0n) is 13.6. The molecule has 2 N–H and O–H groups in total. The number of aliphatic hydroxyl groups excluding tert-OH is 1. The Balaban J connectivity index is 1.73. The van der Waals surface area contributed by atoms with Crippen LogP contribution in [0.4, 0.5) is 0 Å². The second-order valence-electron chi connectivity index (χ2n) is 6.50. The van der Waals surface area contributed by atoms with E-state index >= 15 is 0 Å². The first kappa shape index (κ1) is 16.6. The molecule has 2 fully saturated rings. The molecule has 5 nitrogen and oxygen atoms in total. The van der Waals surface area contributed by atoms with Crippen LogP contribution in [0.15, 0.2) is 4.99 Å². The molecule has 0 spiro atoms. The van der Waals surface area contributed by atoms with E-state index in [0.717, 1.165) is 45.0 Å². The molecule has 1 saturated heterocycles. The minimum absolute atomic E-state index is 0.259. The van der Waals surface area contributed by atoms with Gasteiger partial charge in [-0.05, 0) is 25.2 Å². The van der Waals surface area contributed by atoms with Crippen molar-refractivity contribution in [2.24, 2.45) is 16.8 Å². The third-order valence-corrected chi connectivity index (χ3v) is 4.79. The van der Waals surface area contributed by atoms with Crippen LogP contribution < -0.4 is 5.32 Å². The van der Waals surface area contributed by atoms with E-state index in [1.54, 1.807) is 7.05 Å². The summed E-state index contributed by atoms with van der Waals surface area (Å²) in [5, 5.41) is 13.7. The Morgan fingerprint density at radius 3 is 2.71 bits per heavy atom. The van der Waals surface area contributed by atoms with Crippen molar-refractivity contribution in [3.05, 3.63) is 0 Å². The van der Waals surface area contributed by atoms with Gasteiger partial charge in [-0.3, -0.25) is 4.99 Å². The van der Waals surface area contributed by atoms with Crippen molar-refractivity contribution in [2.45, 2.75) is 44.6 Å². The zero-order chi connectivity index (χ0) is 15.1. The van der Waals surface area contributed by atoms with E-state index in [0.29, 0.717) is 18.4 Å². The fraction of sp³-hybridized carbons (Fsp3) is 0.938. The van der Waals surface area contributed by atoms with E-state index in [4.69, 9.17) is 4.74 Å². The molecule has 21 heavy (non-hydrogen) atoms. The van der Waals surface area contributed by atoms with Gasteiger partial charge in [0.1, 0.15) is 0 Å². The highest BCUT2D eigenvalue weighted by atomic mass is 16.5. The first-order chi connectivity index (χ1) is 10.2. The first-order valence-electron chi connectivity index (χ1n) is 8.38. The number of nitrogens with one attached hydrogen (secondary N) is 1. The third-order valence-electron chi connectivity index (χ3n) is 4.79. The summed E-state index contributed by atoms with van der Waals surface area (Å²) in [6, 6.07) is 0. The highest BCUT2D eigenvalue weighted by Gasteiger charge is 2.23. The first-order valence-corrected chi connectivity index (χ1v) is 8.38. The molecule has 2 rings (SSSR count). The Kier molecular flexibility index (Phi) is 6.77. The Morgan fingerprint density at radius 1 is 1.33 bits per heavy atom. The van der Waals surface area contributed by atoms with E-state index in [1.807, 2.05) is 0 Å². The molecule has 1 aliphatic heterocycles. The third kappa shape index (κ3) is 5.15. The highest BCUT2D eigenvalue weighted by Crippen LogP contribution is 2.26. The summed E-state index contributed by atoms with van der Waals surface area (Å²) in [7, 11) is 3.86. The number of guanidine groups is 1. The summed E-state index contributed by atoms with van der Waals surface area (Å²) >= 11 is 0. The lowest BCUT2D eigenvalue weighted by Crippen LogP contribution is -2.45. The largest absolute Gasteiger partial charge is 0.391 e. The number of hydrogen-bond acceptors (Lipinski definition) is 3. The van der Waals surface area contributed by atoms with Crippen molar-refractivity contribution in [1.29, 1.82) is 0 Å². The smallest absolute Gasteiger partial charge is 0.193 e. The Labute approximate surface area is 128 Å². The maximum atomic E-state index is 10.3. The number of ether oxygens (including phenoxy) is 1. The van der Waals surface area contributed by atoms with Crippen LogP contribution in [0.1, 0.15) is 38.5 Å². The average molecular weight is 297 g/mol. The lowest BCUT2D eigenvalue weighted by atomic mass is 9.85. The second-order valence-corrected chi connectivity index (χ2v) is 6.50. The quantitative estimate of drug-likeness (QED) is 0.596. The monoisotopic (exact) mass is 297 g/mol. The molecular formula is C16H31N3O2. The van der Waals surface area contributed by atoms with E-state index in [2.05, 4.69) is 22.3 Å². The van der Waals surface area contributed by atoms with Gasteiger partial charge in [0, 0.05) is 39.7 Å². The summed E-state index contributed by atoms with van der Waals surface area (Å²) in [6.45, 7) is 3.29. The van der Waals surface area contributed by atoms with Crippen molar-refractivity contribution in [1.82, 2.24) is 10.2 Å². The van der Waals surface area contributed by atoms with E-state index in [1.165, 1.54) is 19.3 Å². The van der Waals surface area contributed by atoms with Gasteiger partial charge in [-0.25, -0.2) is 0 Å². The molecule has 0 aromatic rings. The van der Waals surface area contributed by atoms with E-state index in [9.17, 15) is 5.11 Å². The van der Waals surface area contributed by atoms with Gasteiger partial charge < -0.3 is 20.1 Å². The van der Waals surface area contributed by atoms with Crippen LogP contribution >= 0.6 is 0 Å². The van der Waals surface area contributed by atoms with E-state index in [-0.39, 0.29) is 6.10 Å². The second kappa shape index (κ2) is 8.59. The number of nitrogens with zero attached hydrogens (tertiary/aromatic N) is 2. The molecular weight excluding hydrogens is 266 g/mol. The minimum Gasteiger partial charge on any atom is -0.391 e. The topological polar surface area (TPSA) is 57.1 Å². The van der Waals surface area contributed by atoms with Gasteiger partial charge in [0.2, 0.25) is 0 Å². The Morgan fingerprint density at radius 2 is 2.10 bits per heavy atom. The molecule has 1 saturated carbocycles. The number of aliphatic hydroxyl groups is 1. The molecule has 0 aromatic carbocycles. The van der Waals surface area contributed by atoms with E-state index < -0.39 is 0 Å². The molecule has 5 heteroatoms. The number of aliphatic imine (C=N–C) groups is 1. The highest BCUT2D eigenvalue weighted by molar-refractivity contribution is 5.79. The molecule has 1 heterocycles. The zero-order valence-corrected chi connectivity index (χ0v) is 13.6. The molecule has 0 bridgehead atoms. The molecule has 122 valence electrons. The lowest BCUT2D eigenvalue weighted by Gasteiger charge is -2.29. The molecule has 1 aliphatic carbocycles. The minimum atomic E-state index is -0.259. The predicted octanol–water partition coefficient (Wildman–Crippen LogP) is 1.47. The standard InChI is InChI=1S/C16H31N3O2/c1-17-16(19(2)11-13-8-9-21-12-13)18-10-15(20)14-6-4-3-5-7-14/h13-15,20H,3-12H2,1-2H3,(H,17,18). The van der Waals surface area contributed by atoms with Gasteiger partial charge in [-0.15, -0.1) is 0 Å². The molecule has 0 radical (unpaired) electrons. The van der Waals surface area contributed by atoms with Crippen molar-refractivity contribution in [2.75, 3.05) is 40.4 Å². The molecule has 0 amide bonds. The summed E-state index contributed by atoms with van der Waals surface area (Å²) < 4.78 is 5.42. The van der Waals surface area contributed by atoms with Crippen LogP contribution in [-0.4, -0.2) is 62.5 Å². The van der Waals surface area contributed by atoms with Gasteiger partial charge >= 0.3 is 0 Å². The Hall–Kier alpha value is -0.810. The summed E-state index contributed by atoms with van der Waals surface area (Å²) in [6.07, 6.45) is 7.05. The normalized spacial score (nSPS) is 25.9. The summed E-state index contributed by atoms with van der Waals surface area (Å²) in [4.78, 5) is 6.47. The van der Waals surface area contributed by atoms with Crippen molar-refractivity contribution >= 4 is 5.96 Å². The molecule has 2 aliphatic rings. The molecule has 0 aromatic heterocycles. The van der Waals surface area contributed by atoms with Gasteiger partial charge in [0.05, 0.1) is 12.7 Å². The number of rotatable bonds is 5. The Bertz CT molecular complexity index is 323. The van der Waals surface area contributed by atoms with Crippen molar-refractivity contribution in [3.63, 3.8) is 0 Å². The average Bonchev–Trinajstić information content (AvgIpc) is 3.01. The maximum Gasteiger partial charge on any atom is 0.193 e. The fourth-order valence-electron chi connectivity index (χ4n) is 3.47. The van der Waals surface area contributed by atoms with Gasteiger partial charge in [-0.2, -0.15) is 0 Å². The van der Waals surface area contributed by atoms with Crippen molar-refractivity contribution < 1.29 is 9.84 Å².